The van der Waals surface area contributed by atoms with E-state index in [1.54, 1.807) is 0 Å². The molecule has 1 saturated heterocycles. The van der Waals surface area contributed by atoms with E-state index in [4.69, 9.17) is 4.74 Å². The first-order valence-electron chi connectivity index (χ1n) is 9.45. The molecule has 0 atom stereocenters. The Kier molecular flexibility index (Phi) is 5.42. The van der Waals surface area contributed by atoms with Gasteiger partial charge in [-0.3, -0.25) is 9.78 Å². The minimum Gasteiger partial charge on any atom is -0.370 e. The van der Waals surface area contributed by atoms with Gasteiger partial charge in [0.2, 0.25) is 0 Å². The number of carbonyl (C=O) groups is 1. The predicted octanol–water partition coefficient (Wildman–Crippen LogP) is 1.55. The minimum atomic E-state index is -0.0277. The molecule has 2 N–H and O–H groups in total. The van der Waals surface area contributed by atoms with Gasteiger partial charge < -0.3 is 15.0 Å². The van der Waals surface area contributed by atoms with Crippen molar-refractivity contribution in [3.05, 3.63) is 66.4 Å². The fourth-order valence-corrected chi connectivity index (χ4v) is 3.49. The highest BCUT2D eigenvalue weighted by Gasteiger charge is 2.14. The molecule has 4 rings (SSSR count). The third-order valence-electron chi connectivity index (χ3n) is 5.06. The van der Waals surface area contributed by atoms with Gasteiger partial charge in [0.15, 0.2) is 0 Å². The Morgan fingerprint density at radius 3 is 2.63 bits per heavy atom. The van der Waals surface area contributed by atoms with E-state index in [0.29, 0.717) is 12.1 Å². The molecule has 0 spiro atoms. The molecule has 0 saturated carbocycles. The molecule has 5 nitrogen and oxygen atoms in total. The number of hydrogen-bond acceptors (Lipinski definition) is 3. The third-order valence-corrected chi connectivity index (χ3v) is 5.06. The lowest BCUT2D eigenvalue weighted by Crippen LogP contribution is -3.14. The highest BCUT2D eigenvalue weighted by Crippen LogP contribution is 2.26. The number of rotatable bonds is 5. The van der Waals surface area contributed by atoms with Crippen LogP contribution >= 0.6 is 0 Å². The number of nitrogens with one attached hydrogen (secondary N) is 2. The van der Waals surface area contributed by atoms with Crippen molar-refractivity contribution in [1.29, 1.82) is 0 Å². The lowest BCUT2D eigenvalue weighted by Gasteiger charge is -2.23. The van der Waals surface area contributed by atoms with E-state index in [2.05, 4.69) is 22.4 Å². The van der Waals surface area contributed by atoms with Gasteiger partial charge in [0, 0.05) is 22.7 Å². The molecule has 138 valence electrons. The Hall–Kier alpha value is -2.76. The number of ether oxygens (including phenoxy) is 1. The van der Waals surface area contributed by atoms with E-state index in [9.17, 15) is 4.79 Å². The molecule has 1 aliphatic rings. The largest absolute Gasteiger partial charge is 0.370 e. The monoisotopic (exact) mass is 362 g/mol. The Morgan fingerprint density at radius 2 is 1.81 bits per heavy atom. The Bertz CT molecular complexity index is 913. The summed E-state index contributed by atoms with van der Waals surface area (Å²) in [4.78, 5) is 18.4. The minimum absolute atomic E-state index is 0.0277. The summed E-state index contributed by atoms with van der Waals surface area (Å²) < 4.78 is 5.36. The van der Waals surface area contributed by atoms with Crippen LogP contribution in [0.25, 0.3) is 22.0 Å². The van der Waals surface area contributed by atoms with Gasteiger partial charge in [-0.25, -0.2) is 0 Å². The lowest BCUT2D eigenvalue weighted by atomic mass is 10.0. The molecule has 5 heteroatoms. The number of carbonyl (C=O) groups excluding carboxylic acids is 1. The first-order chi connectivity index (χ1) is 13.3. The molecular weight excluding hydrogens is 338 g/mol. The molecular formula is C22H24N3O2+. The molecule has 0 unspecified atom stereocenters. The first kappa shape index (κ1) is 17.6. The molecule has 1 fully saturated rings. The number of nitrogens with zero attached hydrogens (tertiary/aromatic N) is 1. The highest BCUT2D eigenvalue weighted by atomic mass is 16.5. The molecule has 3 aromatic rings. The highest BCUT2D eigenvalue weighted by molar-refractivity contribution is 5.97. The quantitative estimate of drug-likeness (QED) is 0.724. The second kappa shape index (κ2) is 8.29. The molecule has 0 aliphatic carbocycles. The second-order valence-electron chi connectivity index (χ2n) is 6.83. The summed E-state index contributed by atoms with van der Waals surface area (Å²) in [5.74, 6) is -0.0277. The fraction of sp³-hybridized carbons (Fsp3) is 0.273. The van der Waals surface area contributed by atoms with Gasteiger partial charge in [0.1, 0.15) is 13.1 Å². The van der Waals surface area contributed by atoms with Crippen LogP contribution < -0.4 is 10.2 Å². The van der Waals surface area contributed by atoms with E-state index >= 15 is 0 Å². The summed E-state index contributed by atoms with van der Waals surface area (Å²) in [6.45, 7) is 5.28. The zero-order valence-electron chi connectivity index (χ0n) is 15.3. The number of amides is 1. The standard InChI is InChI=1S/C22H23N3O2/c26-22(24-11-12-25-13-15-27-16-14-25)19-7-5-18(6-8-19)21-20-4-2-1-3-17(20)9-10-23-21/h1-10H,11-16H2,(H,24,26)/p+1. The van der Waals surface area contributed by atoms with E-state index < -0.39 is 0 Å². The number of pyridine rings is 1. The van der Waals surface area contributed by atoms with E-state index in [0.717, 1.165) is 54.9 Å². The van der Waals surface area contributed by atoms with Gasteiger partial charge in [-0.15, -0.1) is 0 Å². The average Bonchev–Trinajstić information content (AvgIpc) is 2.74. The number of hydrogen-bond donors (Lipinski definition) is 2. The molecule has 1 amide bonds. The van der Waals surface area contributed by atoms with E-state index in [1.807, 2.05) is 48.7 Å². The summed E-state index contributed by atoms with van der Waals surface area (Å²) in [6, 6.07) is 17.9. The van der Waals surface area contributed by atoms with Crippen LogP contribution in [0.4, 0.5) is 0 Å². The Labute approximate surface area is 159 Å². The lowest BCUT2D eigenvalue weighted by molar-refractivity contribution is -0.906. The number of aromatic nitrogens is 1. The zero-order chi connectivity index (χ0) is 18.5. The van der Waals surface area contributed by atoms with Gasteiger partial charge in [0.05, 0.1) is 32.0 Å². The number of fused-ring (bicyclic) bond motifs is 1. The maximum absolute atomic E-state index is 12.4. The van der Waals surface area contributed by atoms with Gasteiger partial charge in [-0.2, -0.15) is 0 Å². The molecule has 2 aromatic carbocycles. The van der Waals surface area contributed by atoms with Crippen molar-refractivity contribution in [2.45, 2.75) is 0 Å². The van der Waals surface area contributed by atoms with Crippen molar-refractivity contribution in [1.82, 2.24) is 10.3 Å². The van der Waals surface area contributed by atoms with Crippen LogP contribution in [0.5, 0.6) is 0 Å². The van der Waals surface area contributed by atoms with Crippen LogP contribution in [0.1, 0.15) is 10.4 Å². The number of morpholine rings is 1. The van der Waals surface area contributed by atoms with Crippen LogP contribution in [-0.2, 0) is 4.74 Å². The van der Waals surface area contributed by atoms with Crippen molar-refractivity contribution in [3.63, 3.8) is 0 Å². The van der Waals surface area contributed by atoms with Crippen molar-refractivity contribution < 1.29 is 14.4 Å². The van der Waals surface area contributed by atoms with Crippen LogP contribution in [0.15, 0.2) is 60.8 Å². The van der Waals surface area contributed by atoms with Crippen LogP contribution in [0.2, 0.25) is 0 Å². The van der Waals surface area contributed by atoms with Crippen LogP contribution in [0.3, 0.4) is 0 Å². The van der Waals surface area contributed by atoms with Gasteiger partial charge >= 0.3 is 0 Å². The number of quaternary nitrogens is 1. The van der Waals surface area contributed by atoms with Crippen molar-refractivity contribution >= 4 is 16.7 Å². The summed E-state index contributed by atoms with van der Waals surface area (Å²) in [5, 5.41) is 5.30. The van der Waals surface area contributed by atoms with Crippen LogP contribution in [0, 0.1) is 0 Å². The third kappa shape index (κ3) is 4.15. The van der Waals surface area contributed by atoms with Gasteiger partial charge in [0.25, 0.3) is 5.91 Å². The fourth-order valence-electron chi connectivity index (χ4n) is 3.49. The van der Waals surface area contributed by atoms with Gasteiger partial charge in [-0.05, 0) is 23.6 Å². The SMILES string of the molecule is O=C(NCC[NH+]1CCOCC1)c1ccc(-c2nccc3ccccc23)cc1. The molecule has 1 aliphatic heterocycles. The van der Waals surface area contributed by atoms with Crippen molar-refractivity contribution in [3.8, 4) is 11.3 Å². The van der Waals surface area contributed by atoms with E-state index in [-0.39, 0.29) is 5.91 Å². The average molecular weight is 362 g/mol. The normalized spacial score (nSPS) is 15.0. The van der Waals surface area contributed by atoms with Crippen LogP contribution in [-0.4, -0.2) is 50.3 Å². The second-order valence-corrected chi connectivity index (χ2v) is 6.83. The predicted molar refractivity (Wildman–Crippen MR) is 106 cm³/mol. The van der Waals surface area contributed by atoms with Crippen molar-refractivity contribution in [2.24, 2.45) is 0 Å². The molecule has 2 heterocycles. The molecule has 0 radical (unpaired) electrons. The smallest absolute Gasteiger partial charge is 0.251 e. The molecule has 27 heavy (non-hydrogen) atoms. The summed E-state index contributed by atoms with van der Waals surface area (Å²) in [5.41, 5.74) is 2.63. The first-order valence-corrected chi connectivity index (χ1v) is 9.45. The summed E-state index contributed by atoms with van der Waals surface area (Å²) in [7, 11) is 0. The Morgan fingerprint density at radius 1 is 1.04 bits per heavy atom. The number of benzene rings is 2. The van der Waals surface area contributed by atoms with E-state index in [1.165, 1.54) is 4.90 Å². The maximum Gasteiger partial charge on any atom is 0.251 e. The van der Waals surface area contributed by atoms with Crippen molar-refractivity contribution in [2.75, 3.05) is 39.4 Å². The molecule has 1 aromatic heterocycles. The molecule has 0 bridgehead atoms. The van der Waals surface area contributed by atoms with Gasteiger partial charge in [-0.1, -0.05) is 36.4 Å². The Balaban J connectivity index is 1.41. The zero-order valence-corrected chi connectivity index (χ0v) is 15.3. The maximum atomic E-state index is 12.4. The topological polar surface area (TPSA) is 55.7 Å². The summed E-state index contributed by atoms with van der Waals surface area (Å²) in [6.07, 6.45) is 1.83. The summed E-state index contributed by atoms with van der Waals surface area (Å²) >= 11 is 0.